The number of furan rings is 1. The number of hydrogen-bond donors (Lipinski definition) is 3. The topological polar surface area (TPSA) is 88.5 Å². The molecule has 4 N–H and O–H groups in total. The fourth-order valence-corrected chi connectivity index (χ4v) is 1.03. The van der Waals surface area contributed by atoms with Crippen LogP contribution < -0.4 is 11.1 Å². The van der Waals surface area contributed by atoms with Crippen LogP contribution in [-0.2, 0) is 4.79 Å². The lowest BCUT2D eigenvalue weighted by atomic mass is 10.2. The Morgan fingerprint density at radius 2 is 2.50 bits per heavy atom. The minimum absolute atomic E-state index is 0.0320. The van der Waals surface area contributed by atoms with Crippen LogP contribution in [0.3, 0.4) is 0 Å². The van der Waals surface area contributed by atoms with Crippen molar-refractivity contribution in [1.29, 1.82) is 0 Å². The van der Waals surface area contributed by atoms with Crippen LogP contribution in [0.25, 0.3) is 0 Å². The van der Waals surface area contributed by atoms with E-state index >= 15 is 0 Å². The third kappa shape index (κ3) is 2.86. The van der Waals surface area contributed by atoms with Crippen molar-refractivity contribution >= 4 is 5.97 Å². The maximum atomic E-state index is 10.4. The zero-order chi connectivity index (χ0) is 10.6. The Hall–Kier alpha value is -1.33. The lowest BCUT2D eigenvalue weighted by Gasteiger charge is -2.13. The van der Waals surface area contributed by atoms with Gasteiger partial charge in [0.1, 0.15) is 11.8 Å². The van der Waals surface area contributed by atoms with Crippen molar-refractivity contribution in [2.45, 2.75) is 19.0 Å². The molecular weight excluding hydrogens is 184 g/mol. The van der Waals surface area contributed by atoms with Crippen LogP contribution in [0, 0.1) is 0 Å². The van der Waals surface area contributed by atoms with Crippen LogP contribution in [0.2, 0.25) is 0 Å². The molecule has 78 valence electrons. The Labute approximate surface area is 81.9 Å². The Kier molecular flexibility index (Phi) is 3.67. The Morgan fingerprint density at radius 1 is 1.79 bits per heavy atom. The van der Waals surface area contributed by atoms with E-state index < -0.39 is 12.0 Å². The zero-order valence-corrected chi connectivity index (χ0v) is 7.93. The van der Waals surface area contributed by atoms with Crippen LogP contribution >= 0.6 is 0 Å². The quantitative estimate of drug-likeness (QED) is 0.635. The van der Waals surface area contributed by atoms with Gasteiger partial charge in [-0.15, -0.1) is 0 Å². The van der Waals surface area contributed by atoms with Crippen molar-refractivity contribution in [3.8, 4) is 0 Å². The summed E-state index contributed by atoms with van der Waals surface area (Å²) in [6.07, 6.45) is 1.57. The molecule has 2 atom stereocenters. The summed E-state index contributed by atoms with van der Waals surface area (Å²) >= 11 is 0. The van der Waals surface area contributed by atoms with Crippen molar-refractivity contribution in [1.82, 2.24) is 5.32 Å². The summed E-state index contributed by atoms with van der Waals surface area (Å²) in [5.41, 5.74) is 5.33. The van der Waals surface area contributed by atoms with E-state index in [0.717, 1.165) is 5.76 Å². The number of hydrogen-bond acceptors (Lipinski definition) is 4. The van der Waals surface area contributed by atoms with Gasteiger partial charge in [-0.25, -0.2) is 0 Å². The molecular formula is C9H14N2O3. The van der Waals surface area contributed by atoms with Gasteiger partial charge in [0.05, 0.1) is 12.3 Å². The molecule has 0 radical (unpaired) electrons. The Bertz CT molecular complexity index is 284. The summed E-state index contributed by atoms with van der Waals surface area (Å²) in [7, 11) is 0. The van der Waals surface area contributed by atoms with Gasteiger partial charge < -0.3 is 20.6 Å². The molecule has 0 fully saturated rings. The largest absolute Gasteiger partial charge is 0.480 e. The van der Waals surface area contributed by atoms with Gasteiger partial charge in [-0.3, -0.25) is 4.79 Å². The van der Waals surface area contributed by atoms with Gasteiger partial charge in [-0.05, 0) is 19.1 Å². The van der Waals surface area contributed by atoms with Crippen LogP contribution in [0.1, 0.15) is 18.7 Å². The predicted octanol–water partition coefficient (Wildman–Crippen LogP) is 0.342. The number of nitrogens with one attached hydrogen (secondary N) is 1. The van der Waals surface area contributed by atoms with Crippen molar-refractivity contribution in [3.63, 3.8) is 0 Å². The number of carboxylic acid groups (broad SMARTS) is 1. The first-order valence-electron chi connectivity index (χ1n) is 4.36. The van der Waals surface area contributed by atoms with Gasteiger partial charge in [-0.2, -0.15) is 0 Å². The maximum Gasteiger partial charge on any atom is 0.321 e. The second-order valence-corrected chi connectivity index (χ2v) is 3.09. The van der Waals surface area contributed by atoms with Crippen LogP contribution in [0.15, 0.2) is 22.8 Å². The maximum absolute atomic E-state index is 10.4. The lowest BCUT2D eigenvalue weighted by Crippen LogP contribution is -2.40. The van der Waals surface area contributed by atoms with E-state index in [-0.39, 0.29) is 12.6 Å². The molecule has 0 amide bonds. The molecule has 0 saturated carbocycles. The fraction of sp³-hybridized carbons (Fsp3) is 0.444. The van der Waals surface area contributed by atoms with Crippen LogP contribution in [0.4, 0.5) is 0 Å². The van der Waals surface area contributed by atoms with Crippen molar-refractivity contribution < 1.29 is 14.3 Å². The number of carbonyl (C=O) groups is 1. The van der Waals surface area contributed by atoms with Crippen LogP contribution in [-0.4, -0.2) is 23.7 Å². The van der Waals surface area contributed by atoms with E-state index in [2.05, 4.69) is 5.32 Å². The summed E-state index contributed by atoms with van der Waals surface area (Å²) < 4.78 is 5.14. The lowest BCUT2D eigenvalue weighted by molar-refractivity contribution is -0.138. The first-order chi connectivity index (χ1) is 6.61. The van der Waals surface area contributed by atoms with E-state index in [4.69, 9.17) is 15.3 Å². The summed E-state index contributed by atoms with van der Waals surface area (Å²) in [6.45, 7) is 2.10. The average molecular weight is 198 g/mol. The van der Waals surface area contributed by atoms with E-state index in [1.54, 1.807) is 12.3 Å². The molecule has 0 aliphatic carbocycles. The summed E-state index contributed by atoms with van der Waals surface area (Å²) in [5.74, 6) is -0.244. The second-order valence-electron chi connectivity index (χ2n) is 3.09. The van der Waals surface area contributed by atoms with E-state index in [1.807, 2.05) is 13.0 Å². The molecule has 0 aliphatic rings. The summed E-state index contributed by atoms with van der Waals surface area (Å²) in [6, 6.07) is 2.69. The van der Waals surface area contributed by atoms with E-state index in [0.29, 0.717) is 0 Å². The smallest absolute Gasteiger partial charge is 0.321 e. The molecule has 1 rings (SSSR count). The summed E-state index contributed by atoms with van der Waals surface area (Å²) in [5, 5.41) is 11.5. The van der Waals surface area contributed by atoms with Gasteiger partial charge >= 0.3 is 5.97 Å². The molecule has 0 spiro atoms. The Morgan fingerprint density at radius 3 is 3.00 bits per heavy atom. The van der Waals surface area contributed by atoms with Gasteiger partial charge in [0.15, 0.2) is 0 Å². The monoisotopic (exact) mass is 198 g/mol. The van der Waals surface area contributed by atoms with Gasteiger partial charge in [0, 0.05) is 6.54 Å². The highest BCUT2D eigenvalue weighted by Crippen LogP contribution is 2.11. The molecule has 0 saturated heterocycles. The fourth-order valence-electron chi connectivity index (χ4n) is 1.03. The Balaban J connectivity index is 2.35. The predicted molar refractivity (Wildman–Crippen MR) is 50.7 cm³/mol. The highest BCUT2D eigenvalue weighted by atomic mass is 16.4. The van der Waals surface area contributed by atoms with E-state index in [9.17, 15) is 4.79 Å². The minimum Gasteiger partial charge on any atom is -0.480 e. The average Bonchev–Trinajstić information content (AvgIpc) is 2.66. The van der Waals surface area contributed by atoms with Gasteiger partial charge in [-0.1, -0.05) is 0 Å². The standard InChI is InChI=1S/C9H14N2O3/c1-6(8-3-2-4-14-8)11-5-7(10)9(12)13/h2-4,6-7,11H,5,10H2,1H3,(H,12,13)/t6-,7?/m1/s1. The van der Waals surface area contributed by atoms with Gasteiger partial charge in [0.2, 0.25) is 0 Å². The highest BCUT2D eigenvalue weighted by Gasteiger charge is 2.14. The molecule has 1 heterocycles. The molecule has 14 heavy (non-hydrogen) atoms. The molecule has 5 nitrogen and oxygen atoms in total. The molecule has 5 heteroatoms. The molecule has 1 unspecified atom stereocenters. The van der Waals surface area contributed by atoms with Crippen molar-refractivity contribution in [2.24, 2.45) is 5.73 Å². The molecule has 0 aromatic carbocycles. The van der Waals surface area contributed by atoms with Crippen LogP contribution in [0.5, 0.6) is 0 Å². The third-order valence-corrected chi connectivity index (χ3v) is 1.93. The normalized spacial score (nSPS) is 15.0. The number of nitrogens with two attached hydrogens (primary N) is 1. The first kappa shape index (κ1) is 10.7. The van der Waals surface area contributed by atoms with Crippen molar-refractivity contribution in [3.05, 3.63) is 24.2 Å². The molecule has 0 aliphatic heterocycles. The molecule has 1 aromatic rings. The second kappa shape index (κ2) is 4.78. The number of rotatable bonds is 5. The third-order valence-electron chi connectivity index (χ3n) is 1.93. The highest BCUT2D eigenvalue weighted by molar-refractivity contribution is 5.73. The number of carboxylic acids is 1. The molecule has 0 bridgehead atoms. The first-order valence-corrected chi connectivity index (χ1v) is 4.36. The van der Waals surface area contributed by atoms with Gasteiger partial charge in [0.25, 0.3) is 0 Å². The summed E-state index contributed by atoms with van der Waals surface area (Å²) in [4.78, 5) is 10.4. The number of aliphatic carboxylic acids is 1. The van der Waals surface area contributed by atoms with E-state index in [1.165, 1.54) is 0 Å². The molecule has 1 aromatic heterocycles. The minimum atomic E-state index is -1.01. The SMILES string of the molecule is C[C@@H](NCC(N)C(=O)O)c1ccco1. The zero-order valence-electron chi connectivity index (χ0n) is 7.93. The van der Waals surface area contributed by atoms with Crippen molar-refractivity contribution in [2.75, 3.05) is 6.54 Å².